The Kier molecular flexibility index (Phi) is 5.49. The van der Waals surface area contributed by atoms with E-state index in [1.54, 1.807) is 12.1 Å². The minimum Gasteiger partial charge on any atom is -0.399 e. The Morgan fingerprint density at radius 2 is 1.93 bits per heavy atom. The number of rotatable bonds is 5. The van der Waals surface area contributed by atoms with E-state index in [9.17, 15) is 4.79 Å². The van der Waals surface area contributed by atoms with E-state index in [4.69, 9.17) is 27.3 Å². The van der Waals surface area contributed by atoms with Crippen LogP contribution in [0.5, 0.6) is 0 Å². The molecule has 3 aromatic rings. The van der Waals surface area contributed by atoms with Gasteiger partial charge >= 0.3 is 0 Å². The summed E-state index contributed by atoms with van der Waals surface area (Å²) in [6.45, 7) is 2.09. The number of aromatic nitrogens is 2. The maximum absolute atomic E-state index is 12.6. The lowest BCUT2D eigenvalue weighted by Crippen LogP contribution is -2.19. The first-order valence-corrected chi connectivity index (χ1v) is 10.2. The van der Waals surface area contributed by atoms with Crippen LogP contribution in [0.25, 0.3) is 11.3 Å². The van der Waals surface area contributed by atoms with Gasteiger partial charge in [-0.15, -0.1) is 0 Å². The third-order valence-electron chi connectivity index (χ3n) is 5.08. The number of fused-ring (bicyclic) bond motifs is 3. The number of carbonyl (C=O) groups is 1. The van der Waals surface area contributed by atoms with Crippen molar-refractivity contribution in [2.45, 2.75) is 39.0 Å². The van der Waals surface area contributed by atoms with Crippen molar-refractivity contribution < 1.29 is 4.79 Å². The van der Waals surface area contributed by atoms with E-state index in [0.717, 1.165) is 59.6 Å². The molecule has 2 aromatic carbocycles. The molecule has 0 spiro atoms. The molecule has 0 unspecified atom stereocenters. The Morgan fingerprint density at radius 1 is 1.14 bits per heavy atom. The highest BCUT2D eigenvalue weighted by molar-refractivity contribution is 6.30. The van der Waals surface area contributed by atoms with Gasteiger partial charge in [-0.3, -0.25) is 4.79 Å². The number of hydrogen-bond donors (Lipinski definition) is 2. The van der Waals surface area contributed by atoms with Crippen molar-refractivity contribution >= 4 is 29.0 Å². The summed E-state index contributed by atoms with van der Waals surface area (Å²) in [5.41, 5.74) is 12.5. The Bertz CT molecular complexity index is 1060. The molecule has 0 atom stereocenters. The van der Waals surface area contributed by atoms with Gasteiger partial charge in [-0.1, -0.05) is 43.1 Å². The van der Waals surface area contributed by atoms with Crippen LogP contribution in [0.1, 0.15) is 35.9 Å². The Hall–Kier alpha value is -2.92. The fourth-order valence-corrected chi connectivity index (χ4v) is 3.80. The predicted molar refractivity (Wildman–Crippen MR) is 117 cm³/mol. The maximum Gasteiger partial charge on any atom is 0.229 e. The fraction of sp³-hybridized carbons (Fsp3) is 0.261. The van der Waals surface area contributed by atoms with Gasteiger partial charge in [0.05, 0.1) is 23.5 Å². The van der Waals surface area contributed by atoms with E-state index in [1.807, 2.05) is 30.3 Å². The molecule has 1 aliphatic rings. The number of nitrogens with zero attached hydrogens (tertiary/aromatic N) is 2. The van der Waals surface area contributed by atoms with Crippen LogP contribution in [-0.4, -0.2) is 15.9 Å². The summed E-state index contributed by atoms with van der Waals surface area (Å²) in [5, 5.41) is 3.63. The number of amides is 1. The summed E-state index contributed by atoms with van der Waals surface area (Å²) < 4.78 is 0. The molecule has 1 aromatic heterocycles. The summed E-state index contributed by atoms with van der Waals surface area (Å²) in [6.07, 6.45) is 3.59. The molecule has 0 saturated heterocycles. The van der Waals surface area contributed by atoms with Gasteiger partial charge in [0.25, 0.3) is 0 Å². The fourth-order valence-electron chi connectivity index (χ4n) is 3.67. The Morgan fingerprint density at radius 3 is 2.69 bits per heavy atom. The monoisotopic (exact) mass is 406 g/mol. The van der Waals surface area contributed by atoms with Crippen LogP contribution in [-0.2, 0) is 30.5 Å². The molecule has 0 bridgehead atoms. The number of nitrogens with one attached hydrogen (secondary N) is 1. The lowest BCUT2D eigenvalue weighted by atomic mass is 9.91. The average molecular weight is 407 g/mol. The van der Waals surface area contributed by atoms with Crippen LogP contribution in [0, 0.1) is 0 Å². The van der Waals surface area contributed by atoms with Crippen LogP contribution >= 0.6 is 11.6 Å². The summed E-state index contributed by atoms with van der Waals surface area (Å²) in [6, 6.07) is 13.2. The number of benzene rings is 2. The SMILES string of the molecule is CCCc1nc2c(nc1NC(=O)Cc1ccc(Cl)cc1)CCc1cc(N)ccc1-2. The number of anilines is 2. The van der Waals surface area contributed by atoms with Gasteiger partial charge in [0.2, 0.25) is 5.91 Å². The second-order valence-corrected chi connectivity index (χ2v) is 7.77. The van der Waals surface area contributed by atoms with Gasteiger partial charge < -0.3 is 11.1 Å². The largest absolute Gasteiger partial charge is 0.399 e. The molecule has 29 heavy (non-hydrogen) atoms. The molecule has 5 nitrogen and oxygen atoms in total. The molecule has 1 amide bonds. The predicted octanol–water partition coefficient (Wildman–Crippen LogP) is 4.61. The highest BCUT2D eigenvalue weighted by atomic mass is 35.5. The van der Waals surface area contributed by atoms with Crippen molar-refractivity contribution in [2.24, 2.45) is 0 Å². The van der Waals surface area contributed by atoms with E-state index in [0.29, 0.717) is 10.8 Å². The summed E-state index contributed by atoms with van der Waals surface area (Å²) in [5.74, 6) is 0.464. The van der Waals surface area contributed by atoms with E-state index in [1.165, 1.54) is 5.56 Å². The first kappa shape index (κ1) is 19.4. The maximum atomic E-state index is 12.6. The molecule has 148 valence electrons. The van der Waals surface area contributed by atoms with Gasteiger partial charge in [0.15, 0.2) is 5.82 Å². The molecule has 6 heteroatoms. The number of nitrogen functional groups attached to an aromatic ring is 1. The summed E-state index contributed by atoms with van der Waals surface area (Å²) in [4.78, 5) is 22.3. The van der Waals surface area contributed by atoms with Crippen LogP contribution in [0.15, 0.2) is 42.5 Å². The molecule has 0 saturated carbocycles. The first-order valence-electron chi connectivity index (χ1n) is 9.86. The van der Waals surface area contributed by atoms with E-state index >= 15 is 0 Å². The van der Waals surface area contributed by atoms with Crippen LogP contribution in [0.2, 0.25) is 5.02 Å². The Labute approximate surface area is 175 Å². The van der Waals surface area contributed by atoms with Gasteiger partial charge in [-0.05, 0) is 54.7 Å². The quantitative estimate of drug-likeness (QED) is 0.606. The molecule has 3 N–H and O–H groups in total. The van der Waals surface area contributed by atoms with Crippen molar-refractivity contribution in [3.8, 4) is 11.3 Å². The third-order valence-corrected chi connectivity index (χ3v) is 5.33. The summed E-state index contributed by atoms with van der Waals surface area (Å²) >= 11 is 5.92. The molecular formula is C23H23ClN4O. The highest BCUT2D eigenvalue weighted by Gasteiger charge is 2.22. The molecule has 1 heterocycles. The molecule has 0 aliphatic heterocycles. The zero-order chi connectivity index (χ0) is 20.4. The molecule has 0 radical (unpaired) electrons. The molecular weight excluding hydrogens is 384 g/mol. The van der Waals surface area contributed by atoms with Crippen LogP contribution in [0.3, 0.4) is 0 Å². The minimum atomic E-state index is -0.108. The van der Waals surface area contributed by atoms with Gasteiger partial charge in [0.1, 0.15) is 0 Å². The second kappa shape index (κ2) is 8.21. The average Bonchev–Trinajstić information content (AvgIpc) is 2.70. The summed E-state index contributed by atoms with van der Waals surface area (Å²) in [7, 11) is 0. The highest BCUT2D eigenvalue weighted by Crippen LogP contribution is 2.34. The second-order valence-electron chi connectivity index (χ2n) is 7.33. The van der Waals surface area contributed by atoms with Crippen LogP contribution < -0.4 is 11.1 Å². The molecule has 4 rings (SSSR count). The van der Waals surface area contributed by atoms with Crippen molar-refractivity contribution in [3.05, 3.63) is 70.0 Å². The minimum absolute atomic E-state index is 0.108. The number of hydrogen-bond acceptors (Lipinski definition) is 4. The van der Waals surface area contributed by atoms with Gasteiger partial charge in [-0.25, -0.2) is 9.97 Å². The number of carbonyl (C=O) groups excluding carboxylic acids is 1. The molecule has 1 aliphatic carbocycles. The van der Waals surface area contributed by atoms with Crippen molar-refractivity contribution in [1.82, 2.24) is 9.97 Å². The van der Waals surface area contributed by atoms with E-state index in [2.05, 4.69) is 12.2 Å². The van der Waals surface area contributed by atoms with Crippen molar-refractivity contribution in [2.75, 3.05) is 11.1 Å². The number of halogens is 1. The molecule has 0 fully saturated rings. The van der Waals surface area contributed by atoms with Gasteiger partial charge in [0, 0.05) is 16.3 Å². The zero-order valence-electron chi connectivity index (χ0n) is 16.3. The van der Waals surface area contributed by atoms with Crippen molar-refractivity contribution in [1.29, 1.82) is 0 Å². The Balaban J connectivity index is 1.63. The standard InChI is InChI=1S/C23H23ClN4O/c1-2-3-20-23(28-21(29)12-14-4-7-16(24)8-5-14)27-19-11-6-15-13-17(25)9-10-18(15)22(19)26-20/h4-5,7-10,13H,2-3,6,11-12,25H2,1H3,(H,27,28,29). The van der Waals surface area contributed by atoms with Crippen LogP contribution in [0.4, 0.5) is 11.5 Å². The van der Waals surface area contributed by atoms with E-state index in [-0.39, 0.29) is 12.3 Å². The smallest absolute Gasteiger partial charge is 0.229 e. The number of aryl methyl sites for hydroxylation is 3. The lowest BCUT2D eigenvalue weighted by molar-refractivity contribution is -0.115. The third kappa shape index (κ3) is 4.25. The zero-order valence-corrected chi connectivity index (χ0v) is 17.1. The number of nitrogens with two attached hydrogens (primary N) is 1. The van der Waals surface area contributed by atoms with E-state index < -0.39 is 0 Å². The first-order chi connectivity index (χ1) is 14.0. The topological polar surface area (TPSA) is 80.9 Å². The van der Waals surface area contributed by atoms with Crippen molar-refractivity contribution in [3.63, 3.8) is 0 Å². The van der Waals surface area contributed by atoms with Gasteiger partial charge in [-0.2, -0.15) is 0 Å². The normalized spacial score (nSPS) is 12.2. The lowest BCUT2D eigenvalue weighted by Gasteiger charge is -2.21.